The van der Waals surface area contributed by atoms with E-state index >= 15 is 0 Å². The molecule has 3 aromatic rings. The van der Waals surface area contributed by atoms with Gasteiger partial charge < -0.3 is 14.8 Å². The number of halogens is 1. The minimum Gasteiger partial charge on any atom is -0.496 e. The number of rotatable bonds is 12. The molecule has 202 valence electrons. The highest BCUT2D eigenvalue weighted by Crippen LogP contribution is 2.33. The minimum atomic E-state index is -0.578. The average molecular weight is 540 g/mol. The lowest BCUT2D eigenvalue weighted by Gasteiger charge is -2.30. The standard InChI is InChI=1S/C29H34ClN3O5/c1-19(2)32(20(3)4)16-6-7-21-17-24(11-15-27(21)37-5)31-29(34)22-8-14-28(26(18-22)33(35)36)38-25-12-9-23(30)10-13-25/h8-15,17-20H,6-7,16H2,1-5H3,(H,31,34). The molecular weight excluding hydrogens is 506 g/mol. The Hall–Kier alpha value is -3.62. The Morgan fingerprint density at radius 2 is 1.66 bits per heavy atom. The lowest BCUT2D eigenvalue weighted by atomic mass is 10.1. The van der Waals surface area contributed by atoms with Crippen LogP contribution in [-0.4, -0.2) is 41.5 Å². The van der Waals surface area contributed by atoms with E-state index in [2.05, 4.69) is 37.9 Å². The lowest BCUT2D eigenvalue weighted by Crippen LogP contribution is -2.37. The molecule has 0 atom stereocenters. The average Bonchev–Trinajstić information content (AvgIpc) is 2.87. The van der Waals surface area contributed by atoms with Gasteiger partial charge in [0.25, 0.3) is 5.91 Å². The fourth-order valence-electron chi connectivity index (χ4n) is 4.34. The Morgan fingerprint density at radius 1 is 1.00 bits per heavy atom. The molecule has 8 nitrogen and oxygen atoms in total. The van der Waals surface area contributed by atoms with Crippen LogP contribution in [0, 0.1) is 10.1 Å². The van der Waals surface area contributed by atoms with Gasteiger partial charge in [0, 0.05) is 34.4 Å². The minimum absolute atomic E-state index is 0.0254. The Labute approximate surface area is 228 Å². The molecule has 0 aliphatic rings. The van der Waals surface area contributed by atoms with E-state index in [0.29, 0.717) is 28.5 Å². The van der Waals surface area contributed by atoms with E-state index in [1.807, 2.05) is 12.1 Å². The number of nitro benzene ring substituents is 1. The van der Waals surface area contributed by atoms with E-state index < -0.39 is 10.8 Å². The summed E-state index contributed by atoms with van der Waals surface area (Å²) in [7, 11) is 1.62. The smallest absolute Gasteiger partial charge is 0.312 e. The molecule has 0 spiro atoms. The van der Waals surface area contributed by atoms with Crippen molar-refractivity contribution in [1.29, 1.82) is 0 Å². The molecule has 0 fully saturated rings. The first-order valence-electron chi connectivity index (χ1n) is 12.5. The van der Waals surface area contributed by atoms with Gasteiger partial charge >= 0.3 is 5.69 Å². The summed E-state index contributed by atoms with van der Waals surface area (Å²) in [5, 5.41) is 15.1. The van der Waals surface area contributed by atoms with Crippen molar-refractivity contribution in [2.45, 2.75) is 52.6 Å². The second-order valence-corrected chi connectivity index (χ2v) is 9.94. The molecule has 0 saturated heterocycles. The summed E-state index contributed by atoms with van der Waals surface area (Å²) in [6.07, 6.45) is 1.72. The first-order valence-corrected chi connectivity index (χ1v) is 12.9. The molecule has 0 unspecified atom stereocenters. The number of anilines is 1. The van der Waals surface area contributed by atoms with Crippen molar-refractivity contribution in [2.75, 3.05) is 19.0 Å². The molecule has 0 aliphatic heterocycles. The van der Waals surface area contributed by atoms with E-state index in [4.69, 9.17) is 21.1 Å². The van der Waals surface area contributed by atoms with Crippen LogP contribution in [0.25, 0.3) is 0 Å². The van der Waals surface area contributed by atoms with Gasteiger partial charge in [0.15, 0.2) is 0 Å². The van der Waals surface area contributed by atoms with Crippen molar-refractivity contribution in [2.24, 2.45) is 0 Å². The Morgan fingerprint density at radius 3 is 2.26 bits per heavy atom. The third-order valence-corrected chi connectivity index (χ3v) is 6.44. The summed E-state index contributed by atoms with van der Waals surface area (Å²) >= 11 is 5.89. The van der Waals surface area contributed by atoms with Gasteiger partial charge in [-0.2, -0.15) is 0 Å². The second kappa shape index (κ2) is 13.3. The van der Waals surface area contributed by atoms with E-state index in [1.54, 1.807) is 37.4 Å². The van der Waals surface area contributed by atoms with E-state index in [9.17, 15) is 14.9 Å². The van der Waals surface area contributed by atoms with Crippen LogP contribution in [0.3, 0.4) is 0 Å². The van der Waals surface area contributed by atoms with E-state index in [1.165, 1.54) is 18.2 Å². The summed E-state index contributed by atoms with van der Waals surface area (Å²) in [5.74, 6) is 0.707. The molecule has 38 heavy (non-hydrogen) atoms. The number of hydrogen-bond donors (Lipinski definition) is 1. The van der Waals surface area contributed by atoms with Gasteiger partial charge in [0.2, 0.25) is 5.75 Å². The summed E-state index contributed by atoms with van der Waals surface area (Å²) in [4.78, 5) is 26.5. The van der Waals surface area contributed by atoms with Crippen LogP contribution in [-0.2, 0) is 6.42 Å². The lowest BCUT2D eigenvalue weighted by molar-refractivity contribution is -0.385. The molecule has 0 saturated carbocycles. The Balaban J connectivity index is 1.74. The molecule has 3 aromatic carbocycles. The normalized spacial score (nSPS) is 11.2. The molecule has 0 bridgehead atoms. The zero-order chi connectivity index (χ0) is 27.8. The van der Waals surface area contributed by atoms with Crippen LogP contribution in [0.15, 0.2) is 60.7 Å². The van der Waals surface area contributed by atoms with Gasteiger partial charge in [0.1, 0.15) is 11.5 Å². The monoisotopic (exact) mass is 539 g/mol. The molecule has 3 rings (SSSR count). The van der Waals surface area contributed by atoms with Gasteiger partial charge in [-0.1, -0.05) is 11.6 Å². The molecule has 1 N–H and O–H groups in total. The molecular formula is C29H34ClN3O5. The number of carbonyl (C=O) groups excluding carboxylic acids is 1. The molecule has 0 aromatic heterocycles. The van der Waals surface area contributed by atoms with Crippen LogP contribution in [0.5, 0.6) is 17.2 Å². The van der Waals surface area contributed by atoms with Crippen molar-refractivity contribution in [3.8, 4) is 17.2 Å². The summed E-state index contributed by atoms with van der Waals surface area (Å²) in [6.45, 7) is 9.72. The number of nitrogens with one attached hydrogen (secondary N) is 1. The number of ether oxygens (including phenoxy) is 2. The zero-order valence-corrected chi connectivity index (χ0v) is 23.1. The Kier molecular flexibility index (Phi) is 10.1. The third-order valence-electron chi connectivity index (χ3n) is 6.19. The molecule has 0 radical (unpaired) electrons. The van der Waals surface area contributed by atoms with Gasteiger partial charge in [-0.05, 0) is 107 Å². The van der Waals surface area contributed by atoms with E-state index in [0.717, 1.165) is 30.7 Å². The fraction of sp³-hybridized carbons (Fsp3) is 0.345. The number of amides is 1. The first kappa shape index (κ1) is 28.9. The number of hydrogen-bond acceptors (Lipinski definition) is 6. The molecule has 9 heteroatoms. The quantitative estimate of drug-likeness (QED) is 0.191. The van der Waals surface area contributed by atoms with Gasteiger partial charge in [-0.15, -0.1) is 0 Å². The summed E-state index contributed by atoms with van der Waals surface area (Å²) < 4.78 is 11.2. The topological polar surface area (TPSA) is 93.9 Å². The predicted octanol–water partition coefficient (Wildman–Crippen LogP) is 7.35. The number of nitro groups is 1. The molecule has 1 amide bonds. The highest BCUT2D eigenvalue weighted by molar-refractivity contribution is 6.30. The number of aryl methyl sites for hydroxylation is 1. The van der Waals surface area contributed by atoms with Crippen molar-refractivity contribution >= 4 is 28.9 Å². The number of carbonyl (C=O) groups is 1. The van der Waals surface area contributed by atoms with Crippen LogP contribution in [0.1, 0.15) is 50.0 Å². The van der Waals surface area contributed by atoms with E-state index in [-0.39, 0.29) is 17.0 Å². The highest BCUT2D eigenvalue weighted by atomic mass is 35.5. The largest absolute Gasteiger partial charge is 0.496 e. The van der Waals surface area contributed by atoms with Crippen LogP contribution in [0.2, 0.25) is 5.02 Å². The van der Waals surface area contributed by atoms with Gasteiger partial charge in [-0.25, -0.2) is 0 Å². The molecule has 0 heterocycles. The predicted molar refractivity (Wildman–Crippen MR) is 151 cm³/mol. The third kappa shape index (κ3) is 7.69. The van der Waals surface area contributed by atoms with Crippen molar-refractivity contribution in [1.82, 2.24) is 4.90 Å². The van der Waals surface area contributed by atoms with Gasteiger partial charge in [0.05, 0.1) is 12.0 Å². The second-order valence-electron chi connectivity index (χ2n) is 9.51. The van der Waals surface area contributed by atoms with Gasteiger partial charge in [-0.3, -0.25) is 19.8 Å². The van der Waals surface area contributed by atoms with Crippen molar-refractivity contribution < 1.29 is 19.2 Å². The van der Waals surface area contributed by atoms with Crippen LogP contribution >= 0.6 is 11.6 Å². The van der Waals surface area contributed by atoms with Crippen molar-refractivity contribution in [3.05, 3.63) is 86.9 Å². The number of nitrogens with zero attached hydrogens (tertiary/aromatic N) is 2. The van der Waals surface area contributed by atoms with Crippen LogP contribution < -0.4 is 14.8 Å². The van der Waals surface area contributed by atoms with Crippen LogP contribution in [0.4, 0.5) is 11.4 Å². The molecule has 0 aliphatic carbocycles. The number of benzene rings is 3. The van der Waals surface area contributed by atoms with Crippen molar-refractivity contribution in [3.63, 3.8) is 0 Å². The zero-order valence-electron chi connectivity index (χ0n) is 22.4. The SMILES string of the molecule is COc1ccc(NC(=O)c2ccc(Oc3ccc(Cl)cc3)c([N+](=O)[O-])c2)cc1CCCN(C(C)C)C(C)C. The maximum absolute atomic E-state index is 13.0. The first-order chi connectivity index (χ1) is 18.1. The summed E-state index contributed by atoms with van der Waals surface area (Å²) in [5.41, 5.74) is 1.39. The summed E-state index contributed by atoms with van der Waals surface area (Å²) in [6, 6.07) is 16.9. The Bertz CT molecular complexity index is 1250. The maximum atomic E-state index is 13.0. The fourth-order valence-corrected chi connectivity index (χ4v) is 4.46. The number of methoxy groups -OCH3 is 1. The highest BCUT2D eigenvalue weighted by Gasteiger charge is 2.20. The maximum Gasteiger partial charge on any atom is 0.312 e.